The van der Waals surface area contributed by atoms with Crippen molar-refractivity contribution in [2.75, 3.05) is 43.5 Å². The van der Waals surface area contributed by atoms with E-state index >= 15 is 0 Å². The summed E-state index contributed by atoms with van der Waals surface area (Å²) in [6.07, 6.45) is 9.45. The number of amides is 1. The van der Waals surface area contributed by atoms with Gasteiger partial charge in [-0.15, -0.1) is 5.10 Å². The zero-order valence-corrected chi connectivity index (χ0v) is 21.2. The van der Waals surface area contributed by atoms with Crippen LogP contribution in [0.15, 0.2) is 42.7 Å². The molecule has 10 heteroatoms. The first kappa shape index (κ1) is 25.2. The third-order valence-corrected chi connectivity index (χ3v) is 7.19. The number of ether oxygens (including phenoxy) is 1. The number of carbonyl (C=O) groups is 1. The summed E-state index contributed by atoms with van der Waals surface area (Å²) in [7, 11) is 0. The van der Waals surface area contributed by atoms with Gasteiger partial charge in [0.25, 0.3) is 5.91 Å². The van der Waals surface area contributed by atoms with Gasteiger partial charge in [-0.2, -0.15) is 0 Å². The Bertz CT molecular complexity index is 1170. The average Bonchev–Trinajstić information content (AvgIpc) is 3.40. The minimum atomic E-state index is -0.535. The standard InChI is InChI=1S/C27H36N8O2/c28-27(36)24-18-30-26(31-22-6-4-20(5-7-22)21-8-14-37-15-9-21)16-25(24)29-17-23-19-35(33-32-23)13-12-34-10-2-1-3-11-34/h4-7,16,18-19,21H,1-3,8-15,17H2,(H2,28,36)(H2,29,30,31). The van der Waals surface area contributed by atoms with Crippen molar-refractivity contribution in [3.63, 3.8) is 0 Å². The van der Waals surface area contributed by atoms with E-state index in [-0.39, 0.29) is 0 Å². The Morgan fingerprint density at radius 3 is 2.62 bits per heavy atom. The smallest absolute Gasteiger partial charge is 0.252 e. The van der Waals surface area contributed by atoms with Crippen LogP contribution in [0.5, 0.6) is 0 Å². The highest BCUT2D eigenvalue weighted by Gasteiger charge is 2.16. The Morgan fingerprint density at radius 2 is 1.86 bits per heavy atom. The van der Waals surface area contributed by atoms with Gasteiger partial charge in [-0.05, 0) is 62.4 Å². The number of nitrogens with two attached hydrogens (primary N) is 1. The Morgan fingerprint density at radius 1 is 1.08 bits per heavy atom. The summed E-state index contributed by atoms with van der Waals surface area (Å²) in [5, 5.41) is 15.2. The maximum absolute atomic E-state index is 12.0. The number of primary amides is 1. The first-order chi connectivity index (χ1) is 18.1. The maximum Gasteiger partial charge on any atom is 0.252 e. The molecule has 3 aromatic rings. The van der Waals surface area contributed by atoms with Crippen molar-refractivity contribution in [1.29, 1.82) is 0 Å². The van der Waals surface area contributed by atoms with Gasteiger partial charge < -0.3 is 26.0 Å². The number of nitrogens with one attached hydrogen (secondary N) is 2. The van der Waals surface area contributed by atoms with Gasteiger partial charge in [0.05, 0.1) is 30.5 Å². The molecule has 0 aliphatic carbocycles. The Balaban J connectivity index is 1.20. The molecular weight excluding hydrogens is 468 g/mol. The molecule has 0 saturated carbocycles. The maximum atomic E-state index is 12.0. The average molecular weight is 505 g/mol. The quantitative estimate of drug-likeness (QED) is 0.383. The lowest BCUT2D eigenvalue weighted by atomic mass is 9.92. The molecule has 0 atom stereocenters. The summed E-state index contributed by atoms with van der Waals surface area (Å²) in [6, 6.07) is 10.2. The molecule has 0 unspecified atom stereocenters. The number of anilines is 3. The Hall–Kier alpha value is -3.50. The molecule has 1 aromatic carbocycles. The van der Waals surface area contributed by atoms with Crippen molar-refractivity contribution < 1.29 is 9.53 Å². The minimum Gasteiger partial charge on any atom is -0.381 e. The lowest BCUT2D eigenvalue weighted by Crippen LogP contribution is -2.32. The second-order valence-electron chi connectivity index (χ2n) is 9.84. The van der Waals surface area contributed by atoms with Crippen LogP contribution in [0, 0.1) is 0 Å². The van der Waals surface area contributed by atoms with Crippen molar-refractivity contribution in [2.45, 2.75) is 51.1 Å². The fourth-order valence-electron chi connectivity index (χ4n) is 5.03. The van der Waals surface area contributed by atoms with Crippen molar-refractivity contribution in [2.24, 2.45) is 5.73 Å². The molecule has 196 valence electrons. The predicted molar refractivity (Wildman–Crippen MR) is 143 cm³/mol. The molecule has 2 fully saturated rings. The minimum absolute atomic E-state index is 0.331. The van der Waals surface area contributed by atoms with Crippen LogP contribution in [0.1, 0.15) is 59.6 Å². The number of piperidine rings is 1. The van der Waals surface area contributed by atoms with Crippen LogP contribution in [0.25, 0.3) is 0 Å². The fourth-order valence-corrected chi connectivity index (χ4v) is 5.03. The molecular formula is C27H36N8O2. The number of hydrogen-bond donors (Lipinski definition) is 3. The number of nitrogens with zero attached hydrogens (tertiary/aromatic N) is 5. The number of benzene rings is 1. The molecule has 2 aliphatic rings. The molecule has 4 N–H and O–H groups in total. The molecule has 0 bridgehead atoms. The van der Waals surface area contributed by atoms with Gasteiger partial charge in [-0.3, -0.25) is 9.48 Å². The van der Waals surface area contributed by atoms with Crippen molar-refractivity contribution in [3.8, 4) is 0 Å². The number of aromatic nitrogens is 4. The van der Waals surface area contributed by atoms with E-state index in [4.69, 9.17) is 10.5 Å². The second-order valence-corrected chi connectivity index (χ2v) is 9.84. The van der Waals surface area contributed by atoms with Gasteiger partial charge in [0.15, 0.2) is 0 Å². The molecule has 1 amide bonds. The topological polar surface area (TPSA) is 123 Å². The van der Waals surface area contributed by atoms with Crippen molar-refractivity contribution in [1.82, 2.24) is 24.9 Å². The monoisotopic (exact) mass is 504 g/mol. The number of hydrogen-bond acceptors (Lipinski definition) is 8. The first-order valence-corrected chi connectivity index (χ1v) is 13.2. The molecule has 2 saturated heterocycles. The third-order valence-electron chi connectivity index (χ3n) is 7.19. The lowest BCUT2D eigenvalue weighted by Gasteiger charge is -2.25. The zero-order chi connectivity index (χ0) is 25.5. The van der Waals surface area contributed by atoms with E-state index in [1.54, 1.807) is 6.07 Å². The van der Waals surface area contributed by atoms with Crippen LogP contribution in [0.4, 0.5) is 17.2 Å². The molecule has 10 nitrogen and oxygen atoms in total. The van der Waals surface area contributed by atoms with Gasteiger partial charge in [0.2, 0.25) is 0 Å². The van der Waals surface area contributed by atoms with E-state index in [2.05, 4.69) is 55.1 Å². The van der Waals surface area contributed by atoms with Gasteiger partial charge in [-0.25, -0.2) is 4.98 Å². The van der Waals surface area contributed by atoms with E-state index in [0.29, 0.717) is 29.5 Å². The Kier molecular flexibility index (Phi) is 8.27. The first-order valence-electron chi connectivity index (χ1n) is 13.2. The molecule has 2 aromatic heterocycles. The largest absolute Gasteiger partial charge is 0.381 e. The highest BCUT2D eigenvalue weighted by molar-refractivity contribution is 5.98. The fraction of sp³-hybridized carbons (Fsp3) is 0.481. The van der Waals surface area contributed by atoms with Crippen LogP contribution >= 0.6 is 0 Å². The molecule has 37 heavy (non-hydrogen) atoms. The molecule has 4 heterocycles. The number of rotatable bonds is 10. The van der Waals surface area contributed by atoms with E-state index in [1.165, 1.54) is 31.0 Å². The van der Waals surface area contributed by atoms with Crippen LogP contribution in [0.2, 0.25) is 0 Å². The summed E-state index contributed by atoms with van der Waals surface area (Å²) in [5.41, 5.74) is 9.59. The summed E-state index contributed by atoms with van der Waals surface area (Å²) < 4.78 is 7.35. The third kappa shape index (κ3) is 6.84. The number of likely N-dealkylation sites (tertiary alicyclic amines) is 1. The van der Waals surface area contributed by atoms with Gasteiger partial charge in [0.1, 0.15) is 11.5 Å². The van der Waals surface area contributed by atoms with Crippen LogP contribution < -0.4 is 16.4 Å². The molecule has 2 aliphatic heterocycles. The lowest BCUT2D eigenvalue weighted by molar-refractivity contribution is 0.0853. The summed E-state index contributed by atoms with van der Waals surface area (Å²) in [6.45, 7) is 6.20. The highest BCUT2D eigenvalue weighted by Crippen LogP contribution is 2.29. The van der Waals surface area contributed by atoms with Gasteiger partial charge >= 0.3 is 0 Å². The van der Waals surface area contributed by atoms with E-state index in [0.717, 1.165) is 63.6 Å². The molecule has 5 rings (SSSR count). The summed E-state index contributed by atoms with van der Waals surface area (Å²) >= 11 is 0. The van der Waals surface area contributed by atoms with Crippen molar-refractivity contribution >= 4 is 23.1 Å². The van der Waals surface area contributed by atoms with Crippen LogP contribution in [-0.4, -0.2) is 63.6 Å². The predicted octanol–water partition coefficient (Wildman–Crippen LogP) is 3.51. The van der Waals surface area contributed by atoms with Crippen LogP contribution in [-0.2, 0) is 17.8 Å². The molecule has 0 radical (unpaired) electrons. The normalized spacial score (nSPS) is 17.0. The zero-order valence-electron chi connectivity index (χ0n) is 21.2. The number of pyridine rings is 1. The van der Waals surface area contributed by atoms with E-state index in [9.17, 15) is 4.79 Å². The highest BCUT2D eigenvalue weighted by atomic mass is 16.5. The summed E-state index contributed by atoms with van der Waals surface area (Å²) in [4.78, 5) is 18.9. The van der Waals surface area contributed by atoms with Gasteiger partial charge in [0, 0.05) is 37.7 Å². The van der Waals surface area contributed by atoms with E-state index < -0.39 is 5.91 Å². The Labute approximate surface area is 217 Å². The number of carbonyl (C=O) groups excluding carboxylic acids is 1. The summed E-state index contributed by atoms with van der Waals surface area (Å²) in [5.74, 6) is 0.637. The second kappa shape index (κ2) is 12.2. The van der Waals surface area contributed by atoms with Gasteiger partial charge in [-0.1, -0.05) is 23.8 Å². The van der Waals surface area contributed by atoms with E-state index in [1.807, 2.05) is 10.9 Å². The van der Waals surface area contributed by atoms with Crippen LogP contribution in [0.3, 0.4) is 0 Å². The SMILES string of the molecule is NC(=O)c1cnc(Nc2ccc(C3CCOCC3)cc2)cc1NCc1cn(CCN2CCCCC2)nn1. The molecule has 0 spiro atoms. The van der Waals surface area contributed by atoms with Crippen molar-refractivity contribution in [3.05, 3.63) is 59.5 Å².